The summed E-state index contributed by atoms with van der Waals surface area (Å²) in [5.41, 5.74) is 1.87. The van der Waals surface area contributed by atoms with Crippen molar-refractivity contribution in [2.24, 2.45) is 5.92 Å². The standard InChI is InChI=1S/C21H23N3O3S2/c1-29(26,27)23-13-7-10-17(15-23)20(25)24(14-16-8-3-2-4-9-16)21-22-18-11-5-6-12-19(18)28-21/h2-6,8-9,11-12,17H,7,10,13-15H2,1H3. The summed E-state index contributed by atoms with van der Waals surface area (Å²) >= 11 is 1.49. The summed E-state index contributed by atoms with van der Waals surface area (Å²) < 4.78 is 26.4. The molecule has 1 atom stereocenters. The largest absolute Gasteiger partial charge is 0.283 e. The molecule has 2 aromatic carbocycles. The Hall–Kier alpha value is -2.29. The number of benzene rings is 2. The number of sulfonamides is 1. The second-order valence-electron chi connectivity index (χ2n) is 7.33. The second-order valence-corrected chi connectivity index (χ2v) is 10.3. The number of carbonyl (C=O) groups is 1. The van der Waals surface area contributed by atoms with Gasteiger partial charge in [0.05, 0.1) is 28.9 Å². The summed E-state index contributed by atoms with van der Waals surface area (Å²) in [6, 6.07) is 17.6. The van der Waals surface area contributed by atoms with Gasteiger partial charge in [-0.15, -0.1) is 0 Å². The third-order valence-electron chi connectivity index (χ3n) is 5.17. The molecule has 29 heavy (non-hydrogen) atoms. The van der Waals surface area contributed by atoms with Crippen LogP contribution in [0.2, 0.25) is 0 Å². The predicted octanol–water partition coefficient (Wildman–Crippen LogP) is 3.50. The fourth-order valence-corrected chi connectivity index (χ4v) is 5.53. The molecule has 0 aliphatic carbocycles. The average molecular weight is 430 g/mol. The van der Waals surface area contributed by atoms with Crippen molar-refractivity contribution < 1.29 is 13.2 Å². The van der Waals surface area contributed by atoms with Gasteiger partial charge >= 0.3 is 0 Å². The average Bonchev–Trinajstić information content (AvgIpc) is 3.16. The van der Waals surface area contributed by atoms with Gasteiger partial charge in [0.1, 0.15) is 0 Å². The lowest BCUT2D eigenvalue weighted by Crippen LogP contribution is -2.46. The van der Waals surface area contributed by atoms with Crippen LogP contribution >= 0.6 is 11.3 Å². The number of nitrogens with zero attached hydrogens (tertiary/aromatic N) is 3. The van der Waals surface area contributed by atoms with E-state index in [1.165, 1.54) is 21.9 Å². The zero-order chi connectivity index (χ0) is 20.4. The van der Waals surface area contributed by atoms with E-state index in [1.54, 1.807) is 4.90 Å². The van der Waals surface area contributed by atoms with Crippen molar-refractivity contribution in [1.82, 2.24) is 9.29 Å². The maximum Gasteiger partial charge on any atom is 0.233 e. The van der Waals surface area contributed by atoms with Gasteiger partial charge in [0.25, 0.3) is 0 Å². The summed E-state index contributed by atoms with van der Waals surface area (Å²) in [5.74, 6) is -0.435. The lowest BCUT2D eigenvalue weighted by atomic mass is 9.98. The van der Waals surface area contributed by atoms with Gasteiger partial charge in [-0.2, -0.15) is 0 Å². The van der Waals surface area contributed by atoms with E-state index in [4.69, 9.17) is 0 Å². The van der Waals surface area contributed by atoms with Crippen LogP contribution in [0.25, 0.3) is 10.2 Å². The number of rotatable bonds is 5. The normalized spacial score (nSPS) is 18.0. The molecule has 152 valence electrons. The quantitative estimate of drug-likeness (QED) is 0.622. The molecule has 0 radical (unpaired) electrons. The number of hydrogen-bond acceptors (Lipinski definition) is 5. The first kappa shape index (κ1) is 20.0. The van der Waals surface area contributed by atoms with E-state index in [-0.39, 0.29) is 18.4 Å². The number of carbonyl (C=O) groups excluding carboxylic acids is 1. The van der Waals surface area contributed by atoms with Gasteiger partial charge in [-0.05, 0) is 30.5 Å². The zero-order valence-corrected chi connectivity index (χ0v) is 17.8. The van der Waals surface area contributed by atoms with Gasteiger partial charge in [-0.25, -0.2) is 17.7 Å². The molecule has 1 saturated heterocycles. The number of fused-ring (bicyclic) bond motifs is 1. The third-order valence-corrected chi connectivity index (χ3v) is 7.49. The van der Waals surface area contributed by atoms with Crippen LogP contribution in [0.3, 0.4) is 0 Å². The molecular weight excluding hydrogens is 406 g/mol. The summed E-state index contributed by atoms with van der Waals surface area (Å²) in [7, 11) is -3.31. The van der Waals surface area contributed by atoms with Crippen molar-refractivity contribution in [2.75, 3.05) is 24.2 Å². The Labute approximate surface area is 174 Å². The van der Waals surface area contributed by atoms with Crippen LogP contribution in [0.15, 0.2) is 54.6 Å². The number of piperidine rings is 1. The Morgan fingerprint density at radius 2 is 1.90 bits per heavy atom. The van der Waals surface area contributed by atoms with Crippen LogP contribution in [0.1, 0.15) is 18.4 Å². The van der Waals surface area contributed by atoms with Crippen molar-refractivity contribution in [3.8, 4) is 0 Å². The molecule has 1 aromatic heterocycles. The summed E-state index contributed by atoms with van der Waals surface area (Å²) in [6.07, 6.45) is 2.57. The van der Waals surface area contributed by atoms with Crippen molar-refractivity contribution in [3.05, 3.63) is 60.2 Å². The smallest absolute Gasteiger partial charge is 0.233 e. The first-order chi connectivity index (χ1) is 13.9. The lowest BCUT2D eigenvalue weighted by molar-refractivity contribution is -0.123. The topological polar surface area (TPSA) is 70.6 Å². The molecule has 0 N–H and O–H groups in total. The molecule has 1 aliphatic rings. The Morgan fingerprint density at radius 3 is 2.62 bits per heavy atom. The van der Waals surface area contributed by atoms with Crippen LogP contribution in [0.5, 0.6) is 0 Å². The summed E-state index contributed by atoms with van der Waals surface area (Å²) in [6.45, 7) is 1.12. The first-order valence-electron chi connectivity index (χ1n) is 9.58. The minimum absolute atomic E-state index is 0.0683. The molecule has 4 rings (SSSR count). The van der Waals surface area contributed by atoms with E-state index in [9.17, 15) is 13.2 Å². The molecule has 1 unspecified atom stereocenters. The van der Waals surface area contributed by atoms with Crippen LogP contribution < -0.4 is 4.90 Å². The monoisotopic (exact) mass is 429 g/mol. The number of anilines is 1. The van der Waals surface area contributed by atoms with Gasteiger partial charge in [-0.1, -0.05) is 53.8 Å². The maximum absolute atomic E-state index is 13.5. The first-order valence-corrected chi connectivity index (χ1v) is 12.2. The molecule has 1 fully saturated rings. The van der Waals surface area contributed by atoms with E-state index < -0.39 is 10.0 Å². The van der Waals surface area contributed by atoms with Gasteiger partial charge < -0.3 is 0 Å². The Balaban J connectivity index is 1.66. The molecular formula is C21H23N3O3S2. The van der Waals surface area contributed by atoms with E-state index in [1.807, 2.05) is 54.6 Å². The zero-order valence-electron chi connectivity index (χ0n) is 16.2. The van der Waals surface area contributed by atoms with Crippen LogP contribution in [0.4, 0.5) is 5.13 Å². The number of amides is 1. The molecule has 1 aliphatic heterocycles. The molecule has 6 nitrogen and oxygen atoms in total. The lowest BCUT2D eigenvalue weighted by Gasteiger charge is -2.33. The highest BCUT2D eigenvalue weighted by Gasteiger charge is 2.34. The van der Waals surface area contributed by atoms with Gasteiger partial charge in [0.2, 0.25) is 15.9 Å². The number of thiazole rings is 1. The van der Waals surface area contributed by atoms with Crippen LogP contribution in [-0.2, 0) is 21.4 Å². The summed E-state index contributed by atoms with van der Waals surface area (Å²) in [4.78, 5) is 19.9. The van der Waals surface area contributed by atoms with Gasteiger partial charge in [0.15, 0.2) is 5.13 Å². The number of aromatic nitrogens is 1. The van der Waals surface area contributed by atoms with E-state index in [2.05, 4.69) is 4.98 Å². The SMILES string of the molecule is CS(=O)(=O)N1CCCC(C(=O)N(Cc2ccccc2)c2nc3ccccc3s2)C1. The van der Waals surface area contributed by atoms with Crippen molar-refractivity contribution in [1.29, 1.82) is 0 Å². The fourth-order valence-electron chi connectivity index (χ4n) is 3.65. The predicted molar refractivity (Wildman–Crippen MR) is 116 cm³/mol. The highest BCUT2D eigenvalue weighted by Crippen LogP contribution is 2.32. The minimum atomic E-state index is -3.31. The summed E-state index contributed by atoms with van der Waals surface area (Å²) in [5, 5.41) is 0.650. The second kappa shape index (κ2) is 8.22. The molecule has 0 spiro atoms. The molecule has 0 bridgehead atoms. The van der Waals surface area contributed by atoms with Gasteiger partial charge in [0, 0.05) is 13.1 Å². The molecule has 3 aromatic rings. The molecule has 1 amide bonds. The van der Waals surface area contributed by atoms with Crippen LogP contribution in [0, 0.1) is 5.92 Å². The highest BCUT2D eigenvalue weighted by atomic mass is 32.2. The maximum atomic E-state index is 13.5. The number of hydrogen-bond donors (Lipinski definition) is 0. The third kappa shape index (κ3) is 4.49. The highest BCUT2D eigenvalue weighted by molar-refractivity contribution is 7.88. The van der Waals surface area contributed by atoms with E-state index in [0.29, 0.717) is 31.1 Å². The number of para-hydroxylation sites is 1. The van der Waals surface area contributed by atoms with E-state index in [0.717, 1.165) is 15.8 Å². The van der Waals surface area contributed by atoms with Gasteiger partial charge in [-0.3, -0.25) is 9.69 Å². The van der Waals surface area contributed by atoms with E-state index >= 15 is 0 Å². The minimum Gasteiger partial charge on any atom is -0.283 e. The Bertz CT molecular complexity index is 1080. The molecule has 2 heterocycles. The fraction of sp³-hybridized carbons (Fsp3) is 0.333. The molecule has 0 saturated carbocycles. The Morgan fingerprint density at radius 1 is 1.17 bits per heavy atom. The Kier molecular flexibility index (Phi) is 5.67. The van der Waals surface area contributed by atoms with Crippen molar-refractivity contribution in [2.45, 2.75) is 19.4 Å². The van der Waals surface area contributed by atoms with Crippen molar-refractivity contribution >= 4 is 42.6 Å². The van der Waals surface area contributed by atoms with Crippen LogP contribution in [-0.4, -0.2) is 43.0 Å². The van der Waals surface area contributed by atoms with Crippen molar-refractivity contribution in [3.63, 3.8) is 0 Å². The molecule has 8 heteroatoms.